The van der Waals surface area contributed by atoms with Gasteiger partial charge in [-0.3, -0.25) is 19.3 Å². The molecule has 3 aromatic carbocycles. The Hall–Kier alpha value is -3.42. The average molecular weight is 707 g/mol. The Bertz CT molecular complexity index is 1530. The third-order valence-electron chi connectivity index (χ3n) is 5.93. The van der Waals surface area contributed by atoms with Crippen molar-refractivity contribution in [3.8, 4) is 23.0 Å². The first-order valence-electron chi connectivity index (χ1n) is 12.6. The molecule has 212 valence electrons. The Morgan fingerprint density at radius 1 is 1.07 bits per heavy atom. The van der Waals surface area contributed by atoms with Crippen LogP contribution in [0.2, 0.25) is 5.02 Å². The molecule has 9 nitrogen and oxygen atoms in total. The number of hydrogen-bond donors (Lipinski definition) is 1. The van der Waals surface area contributed by atoms with Crippen LogP contribution in [-0.2, 0) is 16.2 Å². The van der Waals surface area contributed by atoms with Crippen LogP contribution in [0.15, 0.2) is 59.5 Å². The molecule has 0 radical (unpaired) electrons. The summed E-state index contributed by atoms with van der Waals surface area (Å²) in [7, 11) is 0. The highest BCUT2D eigenvalue weighted by atomic mass is 127. The minimum atomic E-state index is -0.548. The van der Waals surface area contributed by atoms with Crippen molar-refractivity contribution in [1.29, 1.82) is 0 Å². The molecular weight excluding hydrogens is 683 g/mol. The van der Waals surface area contributed by atoms with Gasteiger partial charge in [0.05, 0.1) is 15.1 Å². The summed E-state index contributed by atoms with van der Waals surface area (Å²) in [6.07, 6.45) is 1.61. The van der Waals surface area contributed by atoms with E-state index in [2.05, 4.69) is 27.9 Å². The van der Waals surface area contributed by atoms with Gasteiger partial charge < -0.3 is 24.3 Å². The standard InChI is InChI=1S/C29H24ClIN2O7S/c1-2-37-24-12-18(11-21(31)27(24)40-16-17-3-5-19(30)6-4-17)13-25-28(35)33(29(36)41-25)15-26(34)32-20-7-8-22-23(14-20)39-10-9-38-22/h3-8,11-14H,2,9-10,15-16H2,1H3,(H,32,34)/b25-13+. The van der Waals surface area contributed by atoms with Gasteiger partial charge in [-0.1, -0.05) is 23.7 Å². The van der Waals surface area contributed by atoms with Crippen LogP contribution in [0.1, 0.15) is 18.1 Å². The van der Waals surface area contributed by atoms with E-state index in [1.807, 2.05) is 25.1 Å². The number of benzene rings is 3. The molecule has 5 rings (SSSR count). The monoisotopic (exact) mass is 706 g/mol. The number of imide groups is 1. The Morgan fingerprint density at radius 2 is 1.83 bits per heavy atom. The number of carbonyl (C=O) groups excluding carboxylic acids is 3. The summed E-state index contributed by atoms with van der Waals surface area (Å²) < 4.78 is 23.7. The summed E-state index contributed by atoms with van der Waals surface area (Å²) in [5.41, 5.74) is 2.07. The number of ether oxygens (including phenoxy) is 4. The lowest BCUT2D eigenvalue weighted by Gasteiger charge is -2.19. The van der Waals surface area contributed by atoms with Gasteiger partial charge in [-0.25, -0.2) is 0 Å². The van der Waals surface area contributed by atoms with E-state index in [4.69, 9.17) is 30.5 Å². The number of halogens is 2. The van der Waals surface area contributed by atoms with E-state index in [0.29, 0.717) is 65.7 Å². The molecule has 0 bridgehead atoms. The van der Waals surface area contributed by atoms with Gasteiger partial charge in [0.25, 0.3) is 11.1 Å². The number of nitrogens with zero attached hydrogens (tertiary/aromatic N) is 1. The lowest BCUT2D eigenvalue weighted by molar-refractivity contribution is -0.127. The second-order valence-corrected chi connectivity index (χ2v) is 11.4. The van der Waals surface area contributed by atoms with Gasteiger partial charge in [0.1, 0.15) is 26.4 Å². The molecule has 1 saturated heterocycles. The van der Waals surface area contributed by atoms with Crippen molar-refractivity contribution in [3.05, 3.63) is 79.2 Å². The molecule has 3 amide bonds. The maximum absolute atomic E-state index is 13.1. The minimum absolute atomic E-state index is 0.204. The highest BCUT2D eigenvalue weighted by Crippen LogP contribution is 2.38. The van der Waals surface area contributed by atoms with E-state index < -0.39 is 23.6 Å². The summed E-state index contributed by atoms with van der Waals surface area (Å²) in [6, 6.07) is 16.0. The van der Waals surface area contributed by atoms with Gasteiger partial charge in [0, 0.05) is 16.8 Å². The molecule has 3 aromatic rings. The first-order valence-corrected chi connectivity index (χ1v) is 14.9. The molecule has 0 atom stereocenters. The van der Waals surface area contributed by atoms with Crippen molar-refractivity contribution >= 4 is 74.8 Å². The van der Waals surface area contributed by atoms with Crippen LogP contribution in [0.5, 0.6) is 23.0 Å². The zero-order chi connectivity index (χ0) is 28.9. The van der Waals surface area contributed by atoms with Crippen LogP contribution < -0.4 is 24.3 Å². The minimum Gasteiger partial charge on any atom is -0.490 e. The third-order valence-corrected chi connectivity index (χ3v) is 7.89. The Balaban J connectivity index is 1.27. The van der Waals surface area contributed by atoms with Crippen molar-refractivity contribution in [2.24, 2.45) is 0 Å². The number of hydrogen-bond acceptors (Lipinski definition) is 8. The fourth-order valence-corrected chi connectivity index (χ4v) is 5.81. The zero-order valence-electron chi connectivity index (χ0n) is 21.8. The van der Waals surface area contributed by atoms with E-state index in [-0.39, 0.29) is 4.91 Å². The second-order valence-electron chi connectivity index (χ2n) is 8.85. The quantitative estimate of drug-likeness (QED) is 0.203. The number of rotatable bonds is 9. The fraction of sp³-hybridized carbons (Fsp3) is 0.207. The number of nitrogens with one attached hydrogen (secondary N) is 1. The predicted molar refractivity (Wildman–Crippen MR) is 165 cm³/mol. The van der Waals surface area contributed by atoms with E-state index in [0.717, 1.165) is 25.8 Å². The van der Waals surface area contributed by atoms with Gasteiger partial charge in [0.2, 0.25) is 5.91 Å². The van der Waals surface area contributed by atoms with Gasteiger partial charge >= 0.3 is 0 Å². The topological polar surface area (TPSA) is 103 Å². The first-order chi connectivity index (χ1) is 19.8. The Labute approximate surface area is 259 Å². The van der Waals surface area contributed by atoms with Crippen molar-refractivity contribution < 1.29 is 33.3 Å². The van der Waals surface area contributed by atoms with Gasteiger partial charge in [0.15, 0.2) is 23.0 Å². The van der Waals surface area contributed by atoms with E-state index in [1.54, 1.807) is 42.5 Å². The van der Waals surface area contributed by atoms with Gasteiger partial charge in [-0.05, 0) is 94.9 Å². The normalized spacial score (nSPS) is 15.3. The number of anilines is 1. The van der Waals surface area contributed by atoms with Crippen LogP contribution in [0.25, 0.3) is 6.08 Å². The molecule has 1 fully saturated rings. The highest BCUT2D eigenvalue weighted by molar-refractivity contribution is 14.1. The maximum atomic E-state index is 13.1. The molecule has 2 aliphatic heterocycles. The number of thioether (sulfide) groups is 1. The van der Waals surface area contributed by atoms with Crippen LogP contribution in [-0.4, -0.2) is 48.3 Å². The molecule has 0 unspecified atom stereocenters. The lowest BCUT2D eigenvalue weighted by atomic mass is 10.1. The second kappa shape index (κ2) is 13.0. The third kappa shape index (κ3) is 7.08. The molecule has 0 saturated carbocycles. The molecule has 12 heteroatoms. The largest absolute Gasteiger partial charge is 0.490 e. The van der Waals surface area contributed by atoms with Crippen molar-refractivity contribution in [2.45, 2.75) is 13.5 Å². The molecule has 0 spiro atoms. The molecule has 0 aliphatic carbocycles. The van der Waals surface area contributed by atoms with E-state index >= 15 is 0 Å². The summed E-state index contributed by atoms with van der Waals surface area (Å²) in [4.78, 5) is 39.5. The van der Waals surface area contributed by atoms with Crippen molar-refractivity contribution in [2.75, 3.05) is 31.7 Å². The molecule has 0 aromatic heterocycles. The smallest absolute Gasteiger partial charge is 0.294 e. The molecular formula is C29H24ClIN2O7S. The number of fused-ring (bicyclic) bond motifs is 1. The molecule has 1 N–H and O–H groups in total. The van der Waals surface area contributed by atoms with E-state index in [9.17, 15) is 14.4 Å². The Kier molecular flexibility index (Phi) is 9.25. The molecule has 2 heterocycles. The van der Waals surface area contributed by atoms with Gasteiger partial charge in [-0.15, -0.1) is 0 Å². The summed E-state index contributed by atoms with van der Waals surface area (Å²) in [6.45, 7) is 3.04. The van der Waals surface area contributed by atoms with Crippen LogP contribution in [0.3, 0.4) is 0 Å². The number of amides is 3. The summed E-state index contributed by atoms with van der Waals surface area (Å²) in [5, 5.41) is 2.82. The van der Waals surface area contributed by atoms with Crippen LogP contribution in [0, 0.1) is 3.57 Å². The fourth-order valence-electron chi connectivity index (χ4n) is 4.06. The van der Waals surface area contributed by atoms with Gasteiger partial charge in [-0.2, -0.15) is 0 Å². The van der Waals surface area contributed by atoms with Crippen LogP contribution >= 0.6 is 46.0 Å². The maximum Gasteiger partial charge on any atom is 0.294 e. The SMILES string of the molecule is CCOc1cc(/C=C2/SC(=O)N(CC(=O)Nc3ccc4c(c3)OCCO4)C2=O)cc(I)c1OCc1ccc(Cl)cc1. The highest BCUT2D eigenvalue weighted by Gasteiger charge is 2.36. The Morgan fingerprint density at radius 3 is 2.59 bits per heavy atom. The predicted octanol–water partition coefficient (Wildman–Crippen LogP) is 6.37. The van der Waals surface area contributed by atoms with E-state index in [1.165, 1.54) is 0 Å². The lowest BCUT2D eigenvalue weighted by Crippen LogP contribution is -2.36. The van der Waals surface area contributed by atoms with Crippen LogP contribution in [0.4, 0.5) is 10.5 Å². The zero-order valence-corrected chi connectivity index (χ0v) is 25.5. The molecule has 41 heavy (non-hydrogen) atoms. The summed E-state index contributed by atoms with van der Waals surface area (Å²) in [5.74, 6) is 1.13. The molecule has 2 aliphatic rings. The summed E-state index contributed by atoms with van der Waals surface area (Å²) >= 11 is 8.89. The number of carbonyl (C=O) groups is 3. The van der Waals surface area contributed by atoms with Crippen molar-refractivity contribution in [1.82, 2.24) is 4.90 Å². The first kappa shape index (κ1) is 29.1. The average Bonchev–Trinajstić information content (AvgIpc) is 3.20. The van der Waals surface area contributed by atoms with Crippen molar-refractivity contribution in [3.63, 3.8) is 0 Å².